The van der Waals surface area contributed by atoms with Crippen LogP contribution in [0.25, 0.3) is 6.08 Å². The molecule has 0 aliphatic carbocycles. The standard InChI is InChI=1S/C11H11N5O3S/c17-9(3-5-16-6-4-13-15-16)14-11-12-7-8(20-11)1-2-10(18)19/h1-2,4,6-7H,3,5H2,(H,18,19)(H,12,14,17). The molecule has 20 heavy (non-hydrogen) atoms. The number of nitrogens with zero attached hydrogens (tertiary/aromatic N) is 4. The van der Waals surface area contributed by atoms with Gasteiger partial charge in [-0.1, -0.05) is 16.6 Å². The number of carbonyl (C=O) groups excluding carboxylic acids is 1. The summed E-state index contributed by atoms with van der Waals surface area (Å²) >= 11 is 1.20. The van der Waals surface area contributed by atoms with E-state index in [0.29, 0.717) is 16.6 Å². The number of carbonyl (C=O) groups is 2. The molecule has 0 unspecified atom stereocenters. The first kappa shape index (κ1) is 13.9. The molecule has 0 saturated heterocycles. The fourth-order valence-corrected chi connectivity index (χ4v) is 2.06. The average Bonchev–Trinajstić information content (AvgIpc) is 3.05. The summed E-state index contributed by atoms with van der Waals surface area (Å²) in [7, 11) is 0. The molecule has 0 bridgehead atoms. The predicted molar refractivity (Wildman–Crippen MR) is 72.1 cm³/mol. The van der Waals surface area contributed by atoms with Gasteiger partial charge in [-0.05, 0) is 6.08 Å². The Labute approximate surface area is 117 Å². The number of nitrogens with one attached hydrogen (secondary N) is 1. The van der Waals surface area contributed by atoms with E-state index in [1.165, 1.54) is 23.6 Å². The van der Waals surface area contributed by atoms with Gasteiger partial charge in [0.15, 0.2) is 5.13 Å². The van der Waals surface area contributed by atoms with E-state index in [1.54, 1.807) is 17.1 Å². The fraction of sp³-hybridized carbons (Fsp3) is 0.182. The Morgan fingerprint density at radius 3 is 3.05 bits per heavy atom. The van der Waals surface area contributed by atoms with E-state index in [4.69, 9.17) is 5.11 Å². The molecule has 2 aromatic heterocycles. The lowest BCUT2D eigenvalue weighted by Gasteiger charge is -2.01. The summed E-state index contributed by atoms with van der Waals surface area (Å²) in [6.45, 7) is 0.434. The van der Waals surface area contributed by atoms with Crippen LogP contribution in [0.3, 0.4) is 0 Å². The maximum atomic E-state index is 11.7. The van der Waals surface area contributed by atoms with Crippen LogP contribution < -0.4 is 5.32 Å². The molecular formula is C11H11N5O3S. The molecule has 0 fully saturated rings. The number of carboxylic acids is 1. The molecule has 1 amide bonds. The van der Waals surface area contributed by atoms with Crippen molar-refractivity contribution < 1.29 is 14.7 Å². The van der Waals surface area contributed by atoms with Gasteiger partial charge in [-0.2, -0.15) is 0 Å². The van der Waals surface area contributed by atoms with Crippen LogP contribution in [0, 0.1) is 0 Å². The van der Waals surface area contributed by atoms with E-state index in [0.717, 1.165) is 6.08 Å². The van der Waals surface area contributed by atoms with Crippen LogP contribution >= 0.6 is 11.3 Å². The lowest BCUT2D eigenvalue weighted by molar-refractivity contribution is -0.131. The average molecular weight is 293 g/mol. The summed E-state index contributed by atoms with van der Waals surface area (Å²) in [6.07, 6.45) is 7.40. The van der Waals surface area contributed by atoms with E-state index in [1.807, 2.05) is 0 Å². The van der Waals surface area contributed by atoms with E-state index in [-0.39, 0.29) is 12.3 Å². The van der Waals surface area contributed by atoms with Crippen molar-refractivity contribution in [3.05, 3.63) is 29.5 Å². The second kappa shape index (κ2) is 6.57. The van der Waals surface area contributed by atoms with E-state index >= 15 is 0 Å². The number of thiazole rings is 1. The number of rotatable bonds is 6. The number of carboxylic acid groups (broad SMARTS) is 1. The van der Waals surface area contributed by atoms with Crippen molar-refractivity contribution in [2.45, 2.75) is 13.0 Å². The summed E-state index contributed by atoms with van der Waals surface area (Å²) < 4.78 is 1.56. The van der Waals surface area contributed by atoms with E-state index in [9.17, 15) is 9.59 Å². The Morgan fingerprint density at radius 1 is 1.50 bits per heavy atom. The van der Waals surface area contributed by atoms with Crippen molar-refractivity contribution in [1.82, 2.24) is 20.0 Å². The van der Waals surface area contributed by atoms with Gasteiger partial charge in [0.05, 0.1) is 12.7 Å². The van der Waals surface area contributed by atoms with Crippen LogP contribution in [0.5, 0.6) is 0 Å². The van der Waals surface area contributed by atoms with Gasteiger partial charge in [0.2, 0.25) is 5.91 Å². The normalized spacial score (nSPS) is 10.8. The Bertz CT molecular complexity index is 620. The number of hydrogen-bond donors (Lipinski definition) is 2. The maximum Gasteiger partial charge on any atom is 0.328 e. The van der Waals surface area contributed by atoms with E-state index < -0.39 is 5.97 Å². The minimum Gasteiger partial charge on any atom is -0.478 e. The van der Waals surface area contributed by atoms with Crippen LogP contribution in [0.4, 0.5) is 5.13 Å². The highest BCUT2D eigenvalue weighted by atomic mass is 32.1. The third-order valence-corrected chi connectivity index (χ3v) is 3.08. The van der Waals surface area contributed by atoms with Gasteiger partial charge in [0.25, 0.3) is 0 Å². The van der Waals surface area contributed by atoms with Crippen molar-refractivity contribution in [3.63, 3.8) is 0 Å². The second-order valence-electron chi connectivity index (χ2n) is 3.70. The first-order chi connectivity index (χ1) is 9.63. The summed E-state index contributed by atoms with van der Waals surface area (Å²) in [5.41, 5.74) is 0. The monoisotopic (exact) mass is 293 g/mol. The van der Waals surface area contributed by atoms with Crippen LogP contribution in [-0.4, -0.2) is 37.0 Å². The molecule has 0 aliphatic rings. The first-order valence-electron chi connectivity index (χ1n) is 5.64. The lowest BCUT2D eigenvalue weighted by Crippen LogP contribution is -2.14. The molecule has 104 valence electrons. The van der Waals surface area contributed by atoms with Gasteiger partial charge in [-0.25, -0.2) is 9.78 Å². The van der Waals surface area contributed by atoms with Gasteiger partial charge in [0, 0.05) is 29.8 Å². The van der Waals surface area contributed by atoms with Gasteiger partial charge < -0.3 is 10.4 Å². The van der Waals surface area contributed by atoms with Crippen LogP contribution in [0.1, 0.15) is 11.3 Å². The Kier molecular flexibility index (Phi) is 4.56. The van der Waals surface area contributed by atoms with Gasteiger partial charge >= 0.3 is 5.97 Å². The largest absolute Gasteiger partial charge is 0.478 e. The van der Waals surface area contributed by atoms with Crippen molar-refractivity contribution in [3.8, 4) is 0 Å². The smallest absolute Gasteiger partial charge is 0.328 e. The number of aromatic nitrogens is 4. The zero-order valence-electron chi connectivity index (χ0n) is 10.3. The van der Waals surface area contributed by atoms with Crippen molar-refractivity contribution >= 4 is 34.4 Å². The highest BCUT2D eigenvalue weighted by Crippen LogP contribution is 2.19. The maximum absolute atomic E-state index is 11.7. The van der Waals surface area contributed by atoms with Gasteiger partial charge in [-0.15, -0.1) is 5.10 Å². The third kappa shape index (κ3) is 4.28. The molecule has 2 heterocycles. The van der Waals surface area contributed by atoms with Crippen molar-refractivity contribution in [1.29, 1.82) is 0 Å². The van der Waals surface area contributed by atoms with Crippen molar-refractivity contribution in [2.24, 2.45) is 0 Å². The SMILES string of the molecule is O=C(O)C=Cc1cnc(NC(=O)CCn2ccnn2)s1. The molecule has 8 nitrogen and oxygen atoms in total. The number of aryl methyl sites for hydroxylation is 1. The Morgan fingerprint density at radius 2 is 2.35 bits per heavy atom. The fourth-order valence-electron chi connectivity index (χ4n) is 1.32. The number of hydrogen-bond acceptors (Lipinski definition) is 6. The number of aliphatic carboxylic acids is 1. The van der Waals surface area contributed by atoms with Gasteiger partial charge in [-0.3, -0.25) is 9.48 Å². The summed E-state index contributed by atoms with van der Waals surface area (Å²) in [6, 6.07) is 0. The van der Waals surface area contributed by atoms with Crippen LogP contribution in [-0.2, 0) is 16.1 Å². The van der Waals surface area contributed by atoms with Crippen LogP contribution in [0.15, 0.2) is 24.7 Å². The molecule has 9 heteroatoms. The Balaban J connectivity index is 1.83. The molecule has 0 atom stereocenters. The number of anilines is 1. The molecule has 0 radical (unpaired) electrons. The molecule has 0 saturated carbocycles. The lowest BCUT2D eigenvalue weighted by atomic mass is 10.4. The topological polar surface area (TPSA) is 110 Å². The van der Waals surface area contributed by atoms with E-state index in [2.05, 4.69) is 20.6 Å². The summed E-state index contributed by atoms with van der Waals surface area (Å²) in [5.74, 6) is -1.22. The molecule has 2 N–H and O–H groups in total. The molecule has 0 aromatic carbocycles. The molecule has 2 rings (SSSR count). The first-order valence-corrected chi connectivity index (χ1v) is 6.46. The third-order valence-electron chi connectivity index (χ3n) is 2.20. The zero-order valence-corrected chi connectivity index (χ0v) is 11.1. The highest BCUT2D eigenvalue weighted by molar-refractivity contribution is 7.16. The summed E-state index contributed by atoms with van der Waals surface area (Å²) in [4.78, 5) is 26.7. The minimum absolute atomic E-state index is 0.191. The predicted octanol–water partition coefficient (Wildman–Crippen LogP) is 0.861. The molecule has 2 aromatic rings. The van der Waals surface area contributed by atoms with Crippen molar-refractivity contribution in [2.75, 3.05) is 5.32 Å². The Hall–Kier alpha value is -2.55. The molecule has 0 aliphatic heterocycles. The van der Waals surface area contributed by atoms with Crippen LogP contribution in [0.2, 0.25) is 0 Å². The highest BCUT2D eigenvalue weighted by Gasteiger charge is 2.06. The second-order valence-corrected chi connectivity index (χ2v) is 4.77. The number of amides is 1. The van der Waals surface area contributed by atoms with Gasteiger partial charge in [0.1, 0.15) is 0 Å². The molecule has 0 spiro atoms. The minimum atomic E-state index is -1.03. The molecular weight excluding hydrogens is 282 g/mol. The summed E-state index contributed by atoms with van der Waals surface area (Å²) in [5, 5.41) is 19.0. The zero-order chi connectivity index (χ0) is 14.4. The quantitative estimate of drug-likeness (QED) is 0.764.